The Hall–Kier alpha value is -2.50. The molecule has 1 saturated heterocycles. The van der Waals surface area contributed by atoms with Crippen LogP contribution in [0.25, 0.3) is 0 Å². The summed E-state index contributed by atoms with van der Waals surface area (Å²) in [6.07, 6.45) is 1.85. The van der Waals surface area contributed by atoms with Crippen LogP contribution in [0.3, 0.4) is 0 Å². The molecule has 0 aromatic carbocycles. The summed E-state index contributed by atoms with van der Waals surface area (Å²) >= 11 is 0. The molecule has 0 spiro atoms. The number of nitrogens with zero attached hydrogens (tertiary/aromatic N) is 4. The van der Waals surface area contributed by atoms with Gasteiger partial charge >= 0.3 is 0 Å². The van der Waals surface area contributed by atoms with Crippen molar-refractivity contribution >= 4 is 17.6 Å². The Morgan fingerprint density at radius 1 is 1.41 bits per heavy atom. The molecule has 116 valence electrons. The molecule has 0 bridgehead atoms. The van der Waals surface area contributed by atoms with Gasteiger partial charge in [0.25, 0.3) is 0 Å². The maximum atomic E-state index is 11.9. The lowest BCUT2D eigenvalue weighted by Crippen LogP contribution is -2.28. The van der Waals surface area contributed by atoms with Crippen LogP contribution >= 0.6 is 0 Å². The molecule has 1 aromatic heterocycles. The first-order chi connectivity index (χ1) is 10.3. The van der Waals surface area contributed by atoms with Crippen molar-refractivity contribution in [3.8, 4) is 0 Å². The second-order valence-electron chi connectivity index (χ2n) is 5.41. The fourth-order valence-electron chi connectivity index (χ4n) is 2.31. The average Bonchev–Trinajstić information content (AvgIpc) is 2.75. The van der Waals surface area contributed by atoms with Crippen molar-refractivity contribution in [1.29, 1.82) is 0 Å². The lowest BCUT2D eigenvalue weighted by Gasteiger charge is -2.19. The van der Waals surface area contributed by atoms with Gasteiger partial charge in [-0.1, -0.05) is 6.58 Å². The number of aromatic nitrogens is 1. The second kappa shape index (κ2) is 6.09. The van der Waals surface area contributed by atoms with E-state index in [0.29, 0.717) is 18.0 Å². The van der Waals surface area contributed by atoms with Gasteiger partial charge in [0.1, 0.15) is 5.84 Å². The molecule has 0 atom stereocenters. The number of carbonyl (C=O) groups is 1. The van der Waals surface area contributed by atoms with Crippen molar-refractivity contribution in [2.75, 3.05) is 13.6 Å². The molecule has 0 unspecified atom stereocenters. The van der Waals surface area contributed by atoms with E-state index in [4.69, 9.17) is 5.73 Å². The largest absolute Gasteiger partial charge is 0.368 e. The Bertz CT molecular complexity index is 703. The van der Waals surface area contributed by atoms with E-state index in [0.717, 1.165) is 16.8 Å². The quantitative estimate of drug-likeness (QED) is 0.506. The van der Waals surface area contributed by atoms with E-state index in [2.05, 4.69) is 28.5 Å². The topological polar surface area (TPSA) is 83.9 Å². The van der Waals surface area contributed by atoms with E-state index in [1.165, 1.54) is 5.56 Å². The number of pyridine rings is 1. The van der Waals surface area contributed by atoms with Crippen LogP contribution in [0.2, 0.25) is 0 Å². The Morgan fingerprint density at radius 3 is 2.73 bits per heavy atom. The van der Waals surface area contributed by atoms with Crippen molar-refractivity contribution in [1.82, 2.24) is 9.88 Å². The summed E-state index contributed by atoms with van der Waals surface area (Å²) in [4.78, 5) is 26.3. The van der Waals surface area contributed by atoms with Gasteiger partial charge in [0.2, 0.25) is 5.96 Å². The highest BCUT2D eigenvalue weighted by atomic mass is 16.1. The SMILES string of the molecule is C=C1C(=O)CN(Cc2ncc(C)c(C)c2C)C1=NC(N)=NC. The molecule has 1 fully saturated rings. The molecule has 2 N–H and O–H groups in total. The molecule has 22 heavy (non-hydrogen) atoms. The first-order valence-corrected chi connectivity index (χ1v) is 7.05. The Labute approximate surface area is 130 Å². The third-order valence-corrected chi connectivity index (χ3v) is 4.03. The molecule has 0 radical (unpaired) electrons. The number of likely N-dealkylation sites (tertiary alicyclic amines) is 1. The number of guanidine groups is 1. The zero-order chi connectivity index (χ0) is 16.4. The number of rotatable bonds is 2. The van der Waals surface area contributed by atoms with Crippen LogP contribution in [0, 0.1) is 20.8 Å². The predicted molar refractivity (Wildman–Crippen MR) is 88.0 cm³/mol. The van der Waals surface area contributed by atoms with Gasteiger partial charge < -0.3 is 10.6 Å². The van der Waals surface area contributed by atoms with Crippen molar-refractivity contribution in [3.05, 3.63) is 40.7 Å². The van der Waals surface area contributed by atoms with Crippen LogP contribution in [-0.4, -0.2) is 41.1 Å². The lowest BCUT2D eigenvalue weighted by atomic mass is 10.0. The summed E-state index contributed by atoms with van der Waals surface area (Å²) in [6.45, 7) is 10.7. The summed E-state index contributed by atoms with van der Waals surface area (Å²) in [6, 6.07) is 0. The zero-order valence-electron chi connectivity index (χ0n) is 13.5. The molecular weight excluding hydrogens is 278 g/mol. The van der Waals surface area contributed by atoms with Crippen LogP contribution < -0.4 is 5.73 Å². The maximum Gasteiger partial charge on any atom is 0.217 e. The number of ketones is 1. The van der Waals surface area contributed by atoms with Crippen molar-refractivity contribution in [3.63, 3.8) is 0 Å². The molecule has 0 amide bonds. The van der Waals surface area contributed by atoms with Gasteiger partial charge in [0, 0.05) is 13.2 Å². The third kappa shape index (κ3) is 2.90. The molecule has 6 heteroatoms. The van der Waals surface area contributed by atoms with Gasteiger partial charge in [-0.05, 0) is 37.5 Å². The first-order valence-electron chi connectivity index (χ1n) is 7.05. The van der Waals surface area contributed by atoms with E-state index >= 15 is 0 Å². The summed E-state index contributed by atoms with van der Waals surface area (Å²) in [5.74, 6) is 0.553. The van der Waals surface area contributed by atoms with Crippen LogP contribution in [0.4, 0.5) is 0 Å². The number of nitrogens with two attached hydrogens (primary N) is 1. The van der Waals surface area contributed by atoms with Crippen molar-refractivity contribution in [2.45, 2.75) is 27.3 Å². The van der Waals surface area contributed by atoms with Crippen LogP contribution in [0.1, 0.15) is 22.4 Å². The number of hydrogen-bond acceptors (Lipinski definition) is 3. The van der Waals surface area contributed by atoms with Crippen molar-refractivity contribution < 1.29 is 4.79 Å². The number of hydrogen-bond donors (Lipinski definition) is 1. The monoisotopic (exact) mass is 299 g/mol. The minimum atomic E-state index is -0.0517. The van der Waals surface area contributed by atoms with Crippen LogP contribution in [-0.2, 0) is 11.3 Å². The van der Waals surface area contributed by atoms with E-state index in [-0.39, 0.29) is 18.3 Å². The molecule has 1 aromatic rings. The first kappa shape index (κ1) is 15.9. The Balaban J connectivity index is 2.36. The number of aryl methyl sites for hydroxylation is 1. The summed E-state index contributed by atoms with van der Waals surface area (Å²) in [7, 11) is 1.55. The number of carbonyl (C=O) groups excluding carboxylic acids is 1. The molecular formula is C16H21N5O. The fourth-order valence-corrected chi connectivity index (χ4v) is 2.31. The van der Waals surface area contributed by atoms with Gasteiger partial charge in [0.05, 0.1) is 24.4 Å². The average molecular weight is 299 g/mol. The summed E-state index contributed by atoms with van der Waals surface area (Å²) < 4.78 is 0. The molecule has 1 aliphatic rings. The van der Waals surface area contributed by atoms with Crippen LogP contribution in [0.5, 0.6) is 0 Å². The van der Waals surface area contributed by atoms with E-state index in [9.17, 15) is 4.79 Å². The molecule has 2 heterocycles. The van der Waals surface area contributed by atoms with Gasteiger partial charge in [-0.2, -0.15) is 4.99 Å². The molecule has 2 rings (SSSR count). The maximum absolute atomic E-state index is 11.9. The molecule has 0 saturated carbocycles. The van der Waals surface area contributed by atoms with E-state index < -0.39 is 0 Å². The Kier molecular flexibility index (Phi) is 4.40. The van der Waals surface area contributed by atoms with Crippen molar-refractivity contribution in [2.24, 2.45) is 15.7 Å². The highest BCUT2D eigenvalue weighted by Gasteiger charge is 2.31. The molecule has 1 aliphatic heterocycles. The van der Waals surface area contributed by atoms with Gasteiger partial charge in [-0.25, -0.2) is 0 Å². The number of Topliss-reactive ketones (excluding diaryl/α,β-unsaturated/α-hetero) is 1. The van der Waals surface area contributed by atoms with Gasteiger partial charge in [-0.15, -0.1) is 0 Å². The normalized spacial score (nSPS) is 17.7. The van der Waals surface area contributed by atoms with Gasteiger partial charge in [0.15, 0.2) is 5.78 Å². The number of aliphatic imine (C=N–C) groups is 2. The number of amidine groups is 1. The minimum Gasteiger partial charge on any atom is -0.368 e. The van der Waals surface area contributed by atoms with Gasteiger partial charge in [-0.3, -0.25) is 14.8 Å². The zero-order valence-corrected chi connectivity index (χ0v) is 13.5. The Morgan fingerprint density at radius 2 is 2.09 bits per heavy atom. The van der Waals surface area contributed by atoms with E-state index in [1.54, 1.807) is 7.05 Å². The lowest BCUT2D eigenvalue weighted by molar-refractivity contribution is -0.114. The summed E-state index contributed by atoms with van der Waals surface area (Å²) in [5.41, 5.74) is 10.4. The summed E-state index contributed by atoms with van der Waals surface area (Å²) in [5, 5.41) is 0. The predicted octanol–water partition coefficient (Wildman–Crippen LogP) is 1.29. The smallest absolute Gasteiger partial charge is 0.217 e. The standard InChI is InChI=1S/C16H21N5O/c1-9-6-19-13(11(3)10(9)2)7-21-8-14(22)12(4)15(21)20-16(17)18-5/h6H,4,7-8H2,1-3,5H3,(H2,17,18). The highest BCUT2D eigenvalue weighted by Crippen LogP contribution is 2.20. The fraction of sp³-hybridized carbons (Fsp3) is 0.375. The third-order valence-electron chi connectivity index (χ3n) is 4.03. The van der Waals surface area contributed by atoms with E-state index in [1.807, 2.05) is 24.9 Å². The molecule has 0 aliphatic carbocycles. The molecule has 6 nitrogen and oxygen atoms in total. The highest BCUT2D eigenvalue weighted by molar-refractivity contribution is 6.28. The van der Waals surface area contributed by atoms with Crippen LogP contribution in [0.15, 0.2) is 28.3 Å². The second-order valence-corrected chi connectivity index (χ2v) is 5.41. The minimum absolute atomic E-state index is 0.0517.